The van der Waals surface area contributed by atoms with Gasteiger partial charge >= 0.3 is 0 Å². The Morgan fingerprint density at radius 2 is 2.18 bits per heavy atom. The summed E-state index contributed by atoms with van der Waals surface area (Å²) in [7, 11) is 0. The molecular weight excluding hydrogens is 344 g/mol. The smallest absolute Gasteiger partial charge is 0.129 e. The van der Waals surface area contributed by atoms with E-state index in [1.165, 1.54) is 25.7 Å². The minimum atomic E-state index is 0.710. The third-order valence-corrected chi connectivity index (χ3v) is 4.75. The predicted octanol–water partition coefficient (Wildman–Crippen LogP) is 4.30. The first kappa shape index (κ1) is 13.3. The van der Waals surface area contributed by atoms with Crippen molar-refractivity contribution in [1.29, 1.82) is 0 Å². The van der Waals surface area contributed by atoms with E-state index >= 15 is 0 Å². The van der Waals surface area contributed by atoms with Crippen LogP contribution in [0, 0.1) is 6.92 Å². The molecule has 0 N–H and O–H groups in total. The molecule has 2 nitrogen and oxygen atoms in total. The Morgan fingerprint density at radius 1 is 1.41 bits per heavy atom. The normalized spacial score (nSPS) is 15.7. The zero-order valence-corrected chi connectivity index (χ0v) is 13.3. The number of hydrogen-bond donors (Lipinski definition) is 0. The van der Waals surface area contributed by atoms with E-state index in [1.54, 1.807) is 0 Å². The minimum Gasteiger partial charge on any atom is -0.354 e. The molecule has 1 aromatic heterocycles. The number of anilines is 1. The molecule has 1 aliphatic carbocycles. The van der Waals surface area contributed by atoms with Crippen LogP contribution >= 0.6 is 31.9 Å². The molecule has 2 rings (SSSR count). The highest BCUT2D eigenvalue weighted by atomic mass is 79.9. The topological polar surface area (TPSA) is 16.1 Å². The van der Waals surface area contributed by atoms with E-state index < -0.39 is 0 Å². The Kier molecular flexibility index (Phi) is 4.86. The first-order chi connectivity index (χ1) is 8.22. The second-order valence-electron chi connectivity index (χ2n) is 4.56. The van der Waals surface area contributed by atoms with Crippen molar-refractivity contribution in [1.82, 2.24) is 4.98 Å². The maximum Gasteiger partial charge on any atom is 0.129 e. The van der Waals surface area contributed by atoms with Gasteiger partial charge in [0.15, 0.2) is 0 Å². The van der Waals surface area contributed by atoms with E-state index in [2.05, 4.69) is 55.8 Å². The molecule has 0 saturated heterocycles. The summed E-state index contributed by atoms with van der Waals surface area (Å²) in [6.45, 7) is 3.15. The first-order valence-corrected chi connectivity index (χ1v) is 8.09. The van der Waals surface area contributed by atoms with Crippen molar-refractivity contribution in [3.63, 3.8) is 0 Å². The number of aryl methyl sites for hydroxylation is 1. The predicted molar refractivity (Wildman–Crippen MR) is 80.1 cm³/mol. The van der Waals surface area contributed by atoms with Crippen LogP contribution in [0.4, 0.5) is 5.82 Å². The van der Waals surface area contributed by atoms with Crippen LogP contribution in [0.25, 0.3) is 0 Å². The van der Waals surface area contributed by atoms with Gasteiger partial charge in [0, 0.05) is 22.4 Å². The highest BCUT2D eigenvalue weighted by Crippen LogP contribution is 2.29. The van der Waals surface area contributed by atoms with Crippen LogP contribution in [-0.2, 0) is 0 Å². The molecular formula is C13H18Br2N2. The third-order valence-electron chi connectivity index (χ3n) is 3.35. The number of hydrogen-bond acceptors (Lipinski definition) is 2. The van der Waals surface area contributed by atoms with Gasteiger partial charge in [-0.3, -0.25) is 0 Å². The van der Waals surface area contributed by atoms with Gasteiger partial charge in [-0.2, -0.15) is 0 Å². The molecule has 0 amide bonds. The lowest BCUT2D eigenvalue weighted by Gasteiger charge is -2.38. The van der Waals surface area contributed by atoms with Crippen molar-refractivity contribution in [2.45, 2.75) is 38.6 Å². The fourth-order valence-corrected chi connectivity index (χ4v) is 2.58. The number of alkyl halides is 1. The SMILES string of the molecule is Cc1nc(N(CCCBr)C2CCC2)ccc1Br. The highest BCUT2D eigenvalue weighted by molar-refractivity contribution is 9.10. The van der Waals surface area contributed by atoms with Gasteiger partial charge in [-0.05, 0) is 60.7 Å². The molecule has 0 radical (unpaired) electrons. The zero-order chi connectivity index (χ0) is 12.3. The van der Waals surface area contributed by atoms with Gasteiger partial charge in [0.25, 0.3) is 0 Å². The van der Waals surface area contributed by atoms with Crippen molar-refractivity contribution in [3.8, 4) is 0 Å². The molecule has 1 saturated carbocycles. The third kappa shape index (κ3) is 3.22. The van der Waals surface area contributed by atoms with Gasteiger partial charge in [0.2, 0.25) is 0 Å². The lowest BCUT2D eigenvalue weighted by molar-refractivity contribution is 0.384. The fraction of sp³-hybridized carbons (Fsp3) is 0.615. The number of nitrogens with zero attached hydrogens (tertiary/aromatic N) is 2. The second-order valence-corrected chi connectivity index (χ2v) is 6.20. The van der Waals surface area contributed by atoms with E-state index in [9.17, 15) is 0 Å². The molecule has 0 unspecified atom stereocenters. The minimum absolute atomic E-state index is 0.710. The van der Waals surface area contributed by atoms with Crippen molar-refractivity contribution in [2.75, 3.05) is 16.8 Å². The summed E-state index contributed by atoms with van der Waals surface area (Å²) in [4.78, 5) is 7.17. The molecule has 0 aromatic carbocycles. The molecule has 17 heavy (non-hydrogen) atoms. The lowest BCUT2D eigenvalue weighted by atomic mass is 9.91. The summed E-state index contributed by atoms with van der Waals surface area (Å²) in [6, 6.07) is 4.95. The highest BCUT2D eigenvalue weighted by Gasteiger charge is 2.25. The van der Waals surface area contributed by atoms with Gasteiger partial charge in [-0.25, -0.2) is 4.98 Å². The van der Waals surface area contributed by atoms with E-state index in [-0.39, 0.29) is 0 Å². The van der Waals surface area contributed by atoms with Crippen molar-refractivity contribution >= 4 is 37.7 Å². The van der Waals surface area contributed by atoms with Crippen LogP contribution < -0.4 is 4.90 Å². The Morgan fingerprint density at radius 3 is 2.71 bits per heavy atom. The van der Waals surface area contributed by atoms with Crippen LogP contribution in [0.5, 0.6) is 0 Å². The number of halogens is 2. The summed E-state index contributed by atoms with van der Waals surface area (Å²) >= 11 is 7.02. The van der Waals surface area contributed by atoms with Crippen LogP contribution in [0.1, 0.15) is 31.4 Å². The Hall–Kier alpha value is -0.0900. The number of pyridine rings is 1. The standard InChI is InChI=1S/C13H18Br2N2/c1-10-12(15)6-7-13(16-10)17(9-3-8-14)11-4-2-5-11/h6-7,11H,2-5,8-9H2,1H3. The Bertz CT molecular complexity index is 378. The number of rotatable bonds is 5. The van der Waals surface area contributed by atoms with Crippen molar-refractivity contribution < 1.29 is 0 Å². The van der Waals surface area contributed by atoms with Gasteiger partial charge in [0.1, 0.15) is 5.82 Å². The molecule has 0 bridgehead atoms. The maximum atomic E-state index is 4.69. The molecule has 0 atom stereocenters. The summed E-state index contributed by atoms with van der Waals surface area (Å²) in [5, 5.41) is 1.06. The molecule has 1 heterocycles. The summed E-state index contributed by atoms with van der Waals surface area (Å²) in [5.74, 6) is 1.14. The number of aromatic nitrogens is 1. The Balaban J connectivity index is 2.15. The molecule has 94 valence electrons. The largest absolute Gasteiger partial charge is 0.354 e. The molecule has 0 spiro atoms. The molecule has 0 aliphatic heterocycles. The molecule has 4 heteroatoms. The van der Waals surface area contributed by atoms with E-state index in [1.807, 2.05) is 0 Å². The second kappa shape index (κ2) is 6.19. The fourth-order valence-electron chi connectivity index (χ4n) is 2.10. The summed E-state index contributed by atoms with van der Waals surface area (Å²) in [6.07, 6.45) is 5.18. The van der Waals surface area contributed by atoms with Gasteiger partial charge in [0.05, 0.1) is 5.69 Å². The van der Waals surface area contributed by atoms with Crippen LogP contribution in [0.15, 0.2) is 16.6 Å². The van der Waals surface area contributed by atoms with E-state index in [4.69, 9.17) is 4.98 Å². The average molecular weight is 362 g/mol. The first-order valence-electron chi connectivity index (χ1n) is 6.18. The molecule has 1 aliphatic rings. The molecule has 1 aromatic rings. The van der Waals surface area contributed by atoms with Crippen LogP contribution in [-0.4, -0.2) is 22.9 Å². The lowest BCUT2D eigenvalue weighted by Crippen LogP contribution is -2.41. The van der Waals surface area contributed by atoms with Crippen molar-refractivity contribution in [3.05, 3.63) is 22.3 Å². The monoisotopic (exact) mass is 360 g/mol. The maximum absolute atomic E-state index is 4.69. The van der Waals surface area contributed by atoms with E-state index in [0.29, 0.717) is 6.04 Å². The summed E-state index contributed by atoms with van der Waals surface area (Å²) in [5.41, 5.74) is 1.07. The Labute approximate surface area is 120 Å². The van der Waals surface area contributed by atoms with Gasteiger partial charge < -0.3 is 4.90 Å². The van der Waals surface area contributed by atoms with Gasteiger partial charge in [-0.15, -0.1) is 0 Å². The molecule has 1 fully saturated rings. The van der Waals surface area contributed by atoms with Crippen LogP contribution in [0.3, 0.4) is 0 Å². The van der Waals surface area contributed by atoms with E-state index in [0.717, 1.165) is 27.9 Å². The van der Waals surface area contributed by atoms with Crippen molar-refractivity contribution in [2.24, 2.45) is 0 Å². The van der Waals surface area contributed by atoms with Gasteiger partial charge in [-0.1, -0.05) is 15.9 Å². The quantitative estimate of drug-likeness (QED) is 0.727. The average Bonchev–Trinajstić information content (AvgIpc) is 2.25. The summed E-state index contributed by atoms with van der Waals surface area (Å²) < 4.78 is 1.09. The van der Waals surface area contributed by atoms with Crippen LogP contribution in [0.2, 0.25) is 0 Å². The zero-order valence-electron chi connectivity index (χ0n) is 10.1.